The lowest BCUT2D eigenvalue weighted by molar-refractivity contribution is 0.0957. The number of hydrogen-bond acceptors (Lipinski definition) is 4. The average Bonchev–Trinajstić information content (AvgIpc) is 2.63. The van der Waals surface area contributed by atoms with Crippen molar-refractivity contribution in [3.8, 4) is 5.75 Å². The molecule has 1 heterocycles. The highest BCUT2D eigenvalue weighted by atomic mass is 16.6. The van der Waals surface area contributed by atoms with Crippen LogP contribution in [-0.4, -0.2) is 55.9 Å². The molecule has 1 aliphatic heterocycles. The lowest BCUT2D eigenvalue weighted by Crippen LogP contribution is -2.49. The number of piperidine rings is 1. The number of nitrogens with zero attached hydrogens (tertiary/aromatic N) is 1. The smallest absolute Gasteiger partial charge is 0.409 e. The van der Waals surface area contributed by atoms with Crippen LogP contribution in [0.3, 0.4) is 0 Å². The van der Waals surface area contributed by atoms with Crippen molar-refractivity contribution in [2.24, 2.45) is 0 Å². The third kappa shape index (κ3) is 6.34. The van der Waals surface area contributed by atoms with Gasteiger partial charge in [0.1, 0.15) is 12.4 Å². The van der Waals surface area contributed by atoms with Gasteiger partial charge in [-0.25, -0.2) is 9.59 Å². The summed E-state index contributed by atoms with van der Waals surface area (Å²) in [6.07, 6.45) is 1.17. The second-order valence-electron chi connectivity index (χ2n) is 6.91. The highest BCUT2D eigenvalue weighted by Gasteiger charge is 2.24. The summed E-state index contributed by atoms with van der Waals surface area (Å²) in [7, 11) is 0. The van der Waals surface area contributed by atoms with E-state index < -0.39 is 0 Å². The van der Waals surface area contributed by atoms with E-state index in [4.69, 9.17) is 9.47 Å². The fraction of sp³-hybridized carbons (Fsp3) is 0.600. The first-order valence-electron chi connectivity index (χ1n) is 9.57. The van der Waals surface area contributed by atoms with Crippen LogP contribution in [0.4, 0.5) is 9.59 Å². The molecular weight excluding hydrogens is 346 g/mol. The van der Waals surface area contributed by atoms with Gasteiger partial charge in [-0.3, -0.25) is 0 Å². The number of carbonyl (C=O) groups is 2. The summed E-state index contributed by atoms with van der Waals surface area (Å²) in [6.45, 7) is 10.4. The first-order chi connectivity index (χ1) is 12.9. The molecule has 0 spiro atoms. The Kier molecular flexibility index (Phi) is 7.76. The number of nitrogens with one attached hydrogen (secondary N) is 2. The Morgan fingerprint density at radius 2 is 1.78 bits per heavy atom. The quantitative estimate of drug-likeness (QED) is 0.747. The van der Waals surface area contributed by atoms with E-state index in [0.29, 0.717) is 32.8 Å². The van der Waals surface area contributed by atoms with Gasteiger partial charge in [-0.1, -0.05) is 6.07 Å². The molecule has 0 aliphatic carbocycles. The molecule has 3 amide bonds. The predicted octanol–water partition coefficient (Wildman–Crippen LogP) is 2.91. The van der Waals surface area contributed by atoms with Crippen LogP contribution in [-0.2, 0) is 4.74 Å². The molecule has 0 bridgehead atoms. The van der Waals surface area contributed by atoms with Crippen molar-refractivity contribution < 1.29 is 19.1 Å². The van der Waals surface area contributed by atoms with E-state index in [1.54, 1.807) is 11.8 Å². The number of urea groups is 1. The van der Waals surface area contributed by atoms with Crippen LogP contribution in [0.5, 0.6) is 5.75 Å². The summed E-state index contributed by atoms with van der Waals surface area (Å²) in [4.78, 5) is 25.4. The van der Waals surface area contributed by atoms with Crippen molar-refractivity contribution in [1.29, 1.82) is 0 Å². The van der Waals surface area contributed by atoms with E-state index in [2.05, 4.69) is 30.5 Å². The summed E-state index contributed by atoms with van der Waals surface area (Å²) in [5.74, 6) is 0.853. The number of ether oxygens (including phenoxy) is 2. The monoisotopic (exact) mass is 377 g/mol. The van der Waals surface area contributed by atoms with Gasteiger partial charge in [0.15, 0.2) is 0 Å². The summed E-state index contributed by atoms with van der Waals surface area (Å²) in [5.41, 5.74) is 3.53. The molecule has 0 unspecified atom stereocenters. The molecule has 1 saturated heterocycles. The third-order valence-electron chi connectivity index (χ3n) is 4.79. The molecule has 1 aromatic carbocycles. The maximum atomic E-state index is 12.0. The fourth-order valence-electron chi connectivity index (χ4n) is 3.07. The van der Waals surface area contributed by atoms with E-state index in [-0.39, 0.29) is 18.2 Å². The number of aryl methyl sites for hydroxylation is 3. The predicted molar refractivity (Wildman–Crippen MR) is 104 cm³/mol. The van der Waals surface area contributed by atoms with Gasteiger partial charge >= 0.3 is 12.1 Å². The first kappa shape index (κ1) is 20.9. The first-order valence-corrected chi connectivity index (χ1v) is 9.57. The van der Waals surface area contributed by atoms with Crippen molar-refractivity contribution in [2.45, 2.75) is 46.6 Å². The zero-order chi connectivity index (χ0) is 19.8. The molecule has 27 heavy (non-hydrogen) atoms. The van der Waals surface area contributed by atoms with Crippen LogP contribution in [0, 0.1) is 20.8 Å². The van der Waals surface area contributed by atoms with Gasteiger partial charge in [-0.2, -0.15) is 0 Å². The Labute approximate surface area is 161 Å². The van der Waals surface area contributed by atoms with Crippen LogP contribution in [0.15, 0.2) is 12.1 Å². The summed E-state index contributed by atoms with van der Waals surface area (Å²) in [5, 5.41) is 5.77. The normalized spacial score (nSPS) is 14.6. The molecule has 1 fully saturated rings. The summed E-state index contributed by atoms with van der Waals surface area (Å²) < 4.78 is 10.8. The maximum Gasteiger partial charge on any atom is 0.409 e. The van der Waals surface area contributed by atoms with Gasteiger partial charge in [0.25, 0.3) is 0 Å². The minimum atomic E-state index is -0.279. The van der Waals surface area contributed by atoms with Crippen molar-refractivity contribution in [1.82, 2.24) is 15.5 Å². The number of rotatable bonds is 6. The molecule has 0 saturated carbocycles. The molecule has 1 aliphatic rings. The third-order valence-corrected chi connectivity index (χ3v) is 4.79. The number of likely N-dealkylation sites (tertiary alicyclic amines) is 1. The lowest BCUT2D eigenvalue weighted by atomic mass is 10.1. The number of amides is 3. The van der Waals surface area contributed by atoms with E-state index in [9.17, 15) is 9.59 Å². The summed E-state index contributed by atoms with van der Waals surface area (Å²) in [6, 6.07) is 4.00. The Morgan fingerprint density at radius 3 is 2.44 bits per heavy atom. The molecule has 0 aromatic heterocycles. The molecular formula is C20H31N3O4. The molecule has 150 valence electrons. The number of benzene rings is 1. The van der Waals surface area contributed by atoms with Crippen LogP contribution >= 0.6 is 0 Å². The number of carbonyl (C=O) groups excluding carboxylic acids is 2. The molecule has 0 atom stereocenters. The Hall–Kier alpha value is -2.44. The maximum absolute atomic E-state index is 12.0. The van der Waals surface area contributed by atoms with Crippen molar-refractivity contribution in [2.75, 3.05) is 32.8 Å². The average molecular weight is 377 g/mol. The van der Waals surface area contributed by atoms with Crippen LogP contribution in [0.1, 0.15) is 36.5 Å². The fourth-order valence-corrected chi connectivity index (χ4v) is 3.07. The van der Waals surface area contributed by atoms with Crippen molar-refractivity contribution >= 4 is 12.1 Å². The van der Waals surface area contributed by atoms with E-state index in [1.165, 1.54) is 11.1 Å². The molecule has 2 rings (SSSR count). The minimum absolute atomic E-state index is 0.0681. The van der Waals surface area contributed by atoms with Gasteiger partial charge in [0.2, 0.25) is 0 Å². The Morgan fingerprint density at radius 1 is 1.11 bits per heavy atom. The van der Waals surface area contributed by atoms with E-state index in [1.807, 2.05) is 13.0 Å². The van der Waals surface area contributed by atoms with Gasteiger partial charge in [-0.05, 0) is 63.3 Å². The van der Waals surface area contributed by atoms with Gasteiger partial charge in [0, 0.05) is 19.1 Å². The largest absolute Gasteiger partial charge is 0.491 e. The number of hydrogen-bond donors (Lipinski definition) is 2. The Bertz CT molecular complexity index is 655. The minimum Gasteiger partial charge on any atom is -0.491 e. The molecule has 1 aromatic rings. The second kappa shape index (κ2) is 10.0. The van der Waals surface area contributed by atoms with Crippen LogP contribution in [0.25, 0.3) is 0 Å². The van der Waals surface area contributed by atoms with Gasteiger partial charge in [-0.15, -0.1) is 0 Å². The zero-order valence-corrected chi connectivity index (χ0v) is 16.8. The second-order valence-corrected chi connectivity index (χ2v) is 6.91. The van der Waals surface area contributed by atoms with E-state index >= 15 is 0 Å². The SMILES string of the molecule is CCOC(=O)N1CCC(NC(=O)NCCOc2cc(C)c(C)cc2C)CC1. The van der Waals surface area contributed by atoms with Crippen molar-refractivity contribution in [3.05, 3.63) is 28.8 Å². The van der Waals surface area contributed by atoms with Gasteiger partial charge < -0.3 is 25.0 Å². The zero-order valence-electron chi connectivity index (χ0n) is 16.8. The van der Waals surface area contributed by atoms with Crippen LogP contribution < -0.4 is 15.4 Å². The topological polar surface area (TPSA) is 79.9 Å². The van der Waals surface area contributed by atoms with E-state index in [0.717, 1.165) is 24.2 Å². The van der Waals surface area contributed by atoms with Crippen LogP contribution in [0.2, 0.25) is 0 Å². The van der Waals surface area contributed by atoms with Crippen molar-refractivity contribution in [3.63, 3.8) is 0 Å². The molecule has 2 N–H and O–H groups in total. The highest BCUT2D eigenvalue weighted by molar-refractivity contribution is 5.74. The molecule has 7 nitrogen and oxygen atoms in total. The molecule has 0 radical (unpaired) electrons. The van der Waals surface area contributed by atoms with Gasteiger partial charge in [0.05, 0.1) is 13.2 Å². The lowest BCUT2D eigenvalue weighted by Gasteiger charge is -2.31. The standard InChI is InChI=1S/C20H31N3O4/c1-5-26-20(25)23-9-6-17(7-10-23)22-19(24)21-8-11-27-18-13-15(3)14(2)12-16(18)4/h12-13,17H,5-11H2,1-4H3,(H2,21,22,24). The molecule has 7 heteroatoms. The summed E-state index contributed by atoms with van der Waals surface area (Å²) >= 11 is 0. The Balaban J connectivity index is 1.64. The highest BCUT2D eigenvalue weighted by Crippen LogP contribution is 2.22.